The molecule has 0 aliphatic carbocycles. The number of hydrogen-bond acceptors (Lipinski definition) is 3. The third-order valence-electron chi connectivity index (χ3n) is 4.15. The van der Waals surface area contributed by atoms with Gasteiger partial charge in [0.25, 0.3) is 0 Å². The van der Waals surface area contributed by atoms with Crippen molar-refractivity contribution in [1.82, 2.24) is 5.32 Å². The molecular formula is C23H29NO3. The van der Waals surface area contributed by atoms with Crippen LogP contribution in [-0.2, 0) is 11.3 Å². The molecule has 144 valence electrons. The average Bonchev–Trinajstić information content (AvgIpc) is 2.66. The third kappa shape index (κ3) is 7.18. The number of rotatable bonds is 9. The number of hydrogen-bond donors (Lipinski definition) is 1. The maximum absolute atomic E-state index is 12.0. The van der Waals surface area contributed by atoms with Gasteiger partial charge in [-0.15, -0.1) is 0 Å². The van der Waals surface area contributed by atoms with Crippen molar-refractivity contribution >= 4 is 12.0 Å². The molecule has 1 amide bonds. The summed E-state index contributed by atoms with van der Waals surface area (Å²) in [6.07, 6.45) is 4.35. The number of aryl methyl sites for hydroxylation is 1. The van der Waals surface area contributed by atoms with E-state index in [0.717, 1.165) is 23.3 Å². The average molecular weight is 367 g/mol. The van der Waals surface area contributed by atoms with Crippen LogP contribution in [0.2, 0.25) is 0 Å². The molecule has 0 fully saturated rings. The van der Waals surface area contributed by atoms with Crippen molar-refractivity contribution in [2.75, 3.05) is 13.7 Å². The van der Waals surface area contributed by atoms with Crippen LogP contribution in [0.1, 0.15) is 37.0 Å². The lowest BCUT2D eigenvalue weighted by Crippen LogP contribution is -2.20. The molecule has 27 heavy (non-hydrogen) atoms. The fraction of sp³-hybridized carbons (Fsp3) is 0.348. The normalized spacial score (nSPS) is 11.0. The molecule has 2 aromatic carbocycles. The summed E-state index contributed by atoms with van der Waals surface area (Å²) in [4.78, 5) is 12.0. The second-order valence-corrected chi connectivity index (χ2v) is 6.98. The van der Waals surface area contributed by atoms with Crippen LogP contribution in [-0.4, -0.2) is 19.6 Å². The highest BCUT2D eigenvalue weighted by atomic mass is 16.5. The van der Waals surface area contributed by atoms with Gasteiger partial charge in [-0.05, 0) is 48.6 Å². The molecule has 0 spiro atoms. The Morgan fingerprint density at radius 2 is 1.85 bits per heavy atom. The molecule has 0 heterocycles. The van der Waals surface area contributed by atoms with Crippen LogP contribution >= 0.6 is 0 Å². The van der Waals surface area contributed by atoms with E-state index >= 15 is 0 Å². The smallest absolute Gasteiger partial charge is 0.244 e. The first-order chi connectivity index (χ1) is 13.0. The molecule has 0 unspecified atom stereocenters. The van der Waals surface area contributed by atoms with Crippen molar-refractivity contribution in [2.24, 2.45) is 5.92 Å². The Kier molecular flexibility index (Phi) is 7.93. The summed E-state index contributed by atoms with van der Waals surface area (Å²) < 4.78 is 11.2. The summed E-state index contributed by atoms with van der Waals surface area (Å²) in [5.41, 5.74) is 3.16. The monoisotopic (exact) mass is 367 g/mol. The Labute approximate surface area is 162 Å². The van der Waals surface area contributed by atoms with Gasteiger partial charge in [0.2, 0.25) is 5.91 Å². The summed E-state index contributed by atoms with van der Waals surface area (Å²) in [6.45, 7) is 7.46. The SMILES string of the molecule is COc1cc(CNC(=O)/C=C/c2ccc(C)cc2)ccc1OCCC(C)C. The zero-order chi connectivity index (χ0) is 19.6. The Hall–Kier alpha value is -2.75. The zero-order valence-corrected chi connectivity index (χ0v) is 16.6. The first-order valence-corrected chi connectivity index (χ1v) is 9.30. The highest BCUT2D eigenvalue weighted by Gasteiger charge is 2.07. The highest BCUT2D eigenvalue weighted by Crippen LogP contribution is 2.28. The zero-order valence-electron chi connectivity index (χ0n) is 16.6. The summed E-state index contributed by atoms with van der Waals surface area (Å²) in [5, 5.41) is 2.89. The first kappa shape index (κ1) is 20.6. The molecule has 0 atom stereocenters. The van der Waals surface area contributed by atoms with Gasteiger partial charge in [0, 0.05) is 12.6 Å². The van der Waals surface area contributed by atoms with E-state index in [2.05, 4.69) is 19.2 Å². The summed E-state index contributed by atoms with van der Waals surface area (Å²) >= 11 is 0. The van der Waals surface area contributed by atoms with E-state index < -0.39 is 0 Å². The number of methoxy groups -OCH3 is 1. The first-order valence-electron chi connectivity index (χ1n) is 9.30. The van der Waals surface area contributed by atoms with Crippen LogP contribution in [0.25, 0.3) is 6.08 Å². The van der Waals surface area contributed by atoms with Gasteiger partial charge in [-0.1, -0.05) is 49.7 Å². The Bertz CT molecular complexity index is 764. The standard InChI is InChI=1S/C23H29NO3/c1-17(2)13-14-27-21-11-9-20(15-22(21)26-4)16-24-23(25)12-10-19-7-5-18(3)6-8-19/h5-12,15,17H,13-14,16H2,1-4H3,(H,24,25)/b12-10+. The lowest BCUT2D eigenvalue weighted by molar-refractivity contribution is -0.116. The van der Waals surface area contributed by atoms with Gasteiger partial charge in [0.15, 0.2) is 11.5 Å². The predicted octanol–water partition coefficient (Wildman–Crippen LogP) is 4.76. The fourth-order valence-corrected chi connectivity index (χ4v) is 2.44. The minimum Gasteiger partial charge on any atom is -0.493 e. The lowest BCUT2D eigenvalue weighted by atomic mass is 10.1. The van der Waals surface area contributed by atoms with E-state index in [-0.39, 0.29) is 5.91 Å². The van der Waals surface area contributed by atoms with E-state index in [9.17, 15) is 4.79 Å². The van der Waals surface area contributed by atoms with Gasteiger partial charge >= 0.3 is 0 Å². The molecular weight excluding hydrogens is 338 g/mol. The van der Waals surface area contributed by atoms with Gasteiger partial charge in [-0.3, -0.25) is 4.79 Å². The maximum atomic E-state index is 12.0. The van der Waals surface area contributed by atoms with Gasteiger partial charge in [0.1, 0.15) is 0 Å². The van der Waals surface area contributed by atoms with Gasteiger partial charge in [0.05, 0.1) is 13.7 Å². The minimum atomic E-state index is -0.133. The summed E-state index contributed by atoms with van der Waals surface area (Å²) in [6, 6.07) is 13.8. The van der Waals surface area contributed by atoms with Crippen LogP contribution in [0.4, 0.5) is 0 Å². The quantitative estimate of drug-likeness (QED) is 0.650. The number of benzene rings is 2. The number of carbonyl (C=O) groups is 1. The molecule has 1 N–H and O–H groups in total. The second kappa shape index (κ2) is 10.4. The van der Waals surface area contributed by atoms with Crippen LogP contribution < -0.4 is 14.8 Å². The van der Waals surface area contributed by atoms with Crippen molar-refractivity contribution in [2.45, 2.75) is 33.7 Å². The molecule has 0 aliphatic heterocycles. The number of carbonyl (C=O) groups excluding carboxylic acids is 1. The lowest BCUT2D eigenvalue weighted by Gasteiger charge is -2.13. The van der Waals surface area contributed by atoms with Crippen LogP contribution in [0.15, 0.2) is 48.5 Å². The van der Waals surface area contributed by atoms with Crippen LogP contribution in [0.5, 0.6) is 11.5 Å². The fourth-order valence-electron chi connectivity index (χ4n) is 2.44. The van der Waals surface area contributed by atoms with E-state index in [1.165, 1.54) is 5.56 Å². The third-order valence-corrected chi connectivity index (χ3v) is 4.15. The molecule has 4 heteroatoms. The Balaban J connectivity index is 1.89. The molecule has 2 aromatic rings. The summed E-state index contributed by atoms with van der Waals surface area (Å²) in [7, 11) is 1.62. The van der Waals surface area contributed by atoms with Gasteiger partial charge in [-0.2, -0.15) is 0 Å². The van der Waals surface area contributed by atoms with Crippen LogP contribution in [0.3, 0.4) is 0 Å². The van der Waals surface area contributed by atoms with E-state index in [0.29, 0.717) is 24.8 Å². The van der Waals surface area contributed by atoms with Crippen molar-refractivity contribution in [3.8, 4) is 11.5 Å². The highest BCUT2D eigenvalue weighted by molar-refractivity contribution is 5.91. The summed E-state index contributed by atoms with van der Waals surface area (Å²) in [5.74, 6) is 1.87. The molecule has 0 aromatic heterocycles. The molecule has 0 saturated heterocycles. The molecule has 0 bridgehead atoms. The molecule has 0 saturated carbocycles. The Morgan fingerprint density at radius 3 is 2.52 bits per heavy atom. The molecule has 0 aliphatic rings. The second-order valence-electron chi connectivity index (χ2n) is 6.98. The number of amides is 1. The molecule has 2 rings (SSSR count). The number of nitrogens with one attached hydrogen (secondary N) is 1. The largest absolute Gasteiger partial charge is 0.493 e. The van der Waals surface area contributed by atoms with Crippen molar-refractivity contribution in [3.63, 3.8) is 0 Å². The van der Waals surface area contributed by atoms with Crippen molar-refractivity contribution in [1.29, 1.82) is 0 Å². The van der Waals surface area contributed by atoms with E-state index in [1.807, 2.05) is 49.4 Å². The van der Waals surface area contributed by atoms with E-state index in [4.69, 9.17) is 9.47 Å². The number of ether oxygens (including phenoxy) is 2. The maximum Gasteiger partial charge on any atom is 0.244 e. The van der Waals surface area contributed by atoms with Gasteiger partial charge in [-0.25, -0.2) is 0 Å². The predicted molar refractivity (Wildman–Crippen MR) is 110 cm³/mol. The molecule has 0 radical (unpaired) electrons. The van der Waals surface area contributed by atoms with Crippen LogP contribution in [0, 0.1) is 12.8 Å². The van der Waals surface area contributed by atoms with E-state index in [1.54, 1.807) is 19.3 Å². The van der Waals surface area contributed by atoms with Gasteiger partial charge < -0.3 is 14.8 Å². The van der Waals surface area contributed by atoms with Crippen molar-refractivity contribution < 1.29 is 14.3 Å². The van der Waals surface area contributed by atoms with Crippen molar-refractivity contribution in [3.05, 3.63) is 65.2 Å². The Morgan fingerprint density at radius 1 is 1.11 bits per heavy atom. The topological polar surface area (TPSA) is 47.6 Å². The molecule has 4 nitrogen and oxygen atoms in total. The minimum absolute atomic E-state index is 0.133.